The van der Waals surface area contributed by atoms with Gasteiger partial charge in [0.05, 0.1) is 18.4 Å². The molecule has 1 aromatic rings. The van der Waals surface area contributed by atoms with Gasteiger partial charge in [0.25, 0.3) is 0 Å². The number of esters is 1. The lowest BCUT2D eigenvalue weighted by atomic mass is 10.1. The van der Waals surface area contributed by atoms with Gasteiger partial charge in [-0.15, -0.1) is 0 Å². The van der Waals surface area contributed by atoms with Crippen molar-refractivity contribution in [2.24, 2.45) is 5.73 Å². The number of hydrogen-bond donors (Lipinski definition) is 2. The molecule has 0 fully saturated rings. The van der Waals surface area contributed by atoms with E-state index >= 15 is 0 Å². The molecule has 1 rings (SSSR count). The van der Waals surface area contributed by atoms with Crippen LogP contribution < -0.4 is 11.1 Å². The zero-order valence-corrected chi connectivity index (χ0v) is 10.9. The molecule has 0 saturated heterocycles. The Balaban J connectivity index is 3.20. The van der Waals surface area contributed by atoms with Crippen molar-refractivity contribution in [2.75, 3.05) is 19.0 Å². The molecule has 16 heavy (non-hydrogen) atoms. The molecule has 0 amide bonds. The van der Waals surface area contributed by atoms with Crippen molar-refractivity contribution in [3.05, 3.63) is 27.7 Å². The molecule has 88 valence electrons. The maximum absolute atomic E-state index is 11.4. The maximum Gasteiger partial charge on any atom is 0.337 e. The molecule has 3 N–H and O–H groups in total. The summed E-state index contributed by atoms with van der Waals surface area (Å²) in [4.78, 5) is 11.4. The van der Waals surface area contributed by atoms with Gasteiger partial charge < -0.3 is 15.8 Å². The smallest absolute Gasteiger partial charge is 0.337 e. The van der Waals surface area contributed by atoms with Gasteiger partial charge in [-0.1, -0.05) is 0 Å². The highest BCUT2D eigenvalue weighted by Crippen LogP contribution is 2.28. The lowest BCUT2D eigenvalue weighted by Crippen LogP contribution is -2.09. The summed E-state index contributed by atoms with van der Waals surface area (Å²) < 4.78 is 5.49. The fourth-order valence-electron chi connectivity index (χ4n) is 1.44. The number of hydrogen-bond acceptors (Lipinski definition) is 4. The fourth-order valence-corrected chi connectivity index (χ4v) is 2.08. The van der Waals surface area contributed by atoms with Gasteiger partial charge in [0, 0.05) is 17.6 Å². The van der Waals surface area contributed by atoms with Crippen LogP contribution in [0.3, 0.4) is 0 Å². The van der Waals surface area contributed by atoms with E-state index in [4.69, 9.17) is 5.73 Å². The zero-order valence-electron chi connectivity index (χ0n) is 9.34. The first-order valence-electron chi connectivity index (χ1n) is 4.98. The third-order valence-electron chi connectivity index (χ3n) is 2.17. The Hall–Kier alpha value is -1.07. The van der Waals surface area contributed by atoms with E-state index in [2.05, 4.69) is 26.0 Å². The predicted molar refractivity (Wildman–Crippen MR) is 67.5 cm³/mol. The van der Waals surface area contributed by atoms with Gasteiger partial charge in [0.15, 0.2) is 0 Å². The molecule has 0 unspecified atom stereocenters. The van der Waals surface area contributed by atoms with Gasteiger partial charge in [-0.25, -0.2) is 4.79 Å². The molecular weight excluding hydrogens is 272 g/mol. The van der Waals surface area contributed by atoms with Crippen LogP contribution in [-0.2, 0) is 11.3 Å². The summed E-state index contributed by atoms with van der Waals surface area (Å²) in [5.41, 5.74) is 7.96. The SMILES string of the molecule is CCNc1c(Br)cc(C(=O)OC)cc1CN. The summed E-state index contributed by atoms with van der Waals surface area (Å²) in [5, 5.41) is 3.20. The van der Waals surface area contributed by atoms with Gasteiger partial charge in [-0.2, -0.15) is 0 Å². The zero-order chi connectivity index (χ0) is 12.1. The molecule has 5 heteroatoms. The van der Waals surface area contributed by atoms with Gasteiger partial charge in [-0.3, -0.25) is 0 Å². The molecule has 0 aliphatic carbocycles. The second-order valence-electron chi connectivity index (χ2n) is 3.22. The standard InChI is InChI=1S/C11H15BrN2O2/c1-3-14-10-8(6-13)4-7(5-9(10)12)11(15)16-2/h4-5,14H,3,6,13H2,1-2H3. The average molecular weight is 287 g/mol. The van der Waals surface area contributed by atoms with Crippen molar-refractivity contribution in [1.82, 2.24) is 0 Å². The van der Waals surface area contributed by atoms with E-state index < -0.39 is 0 Å². The second kappa shape index (κ2) is 5.86. The molecule has 0 aliphatic rings. The van der Waals surface area contributed by atoms with Crippen LogP contribution in [0.15, 0.2) is 16.6 Å². The minimum Gasteiger partial charge on any atom is -0.465 e. The van der Waals surface area contributed by atoms with Crippen molar-refractivity contribution < 1.29 is 9.53 Å². The number of carbonyl (C=O) groups is 1. The van der Waals surface area contributed by atoms with E-state index in [0.29, 0.717) is 12.1 Å². The van der Waals surface area contributed by atoms with E-state index in [1.54, 1.807) is 12.1 Å². The lowest BCUT2D eigenvalue weighted by molar-refractivity contribution is 0.0600. The molecule has 0 bridgehead atoms. The number of anilines is 1. The van der Waals surface area contributed by atoms with Crippen LogP contribution in [0.4, 0.5) is 5.69 Å². The minimum atomic E-state index is -0.363. The Morgan fingerprint density at radius 3 is 2.75 bits per heavy atom. The summed E-state index contributed by atoms with van der Waals surface area (Å²) in [6.07, 6.45) is 0. The highest BCUT2D eigenvalue weighted by molar-refractivity contribution is 9.10. The van der Waals surface area contributed by atoms with E-state index in [9.17, 15) is 4.79 Å². The van der Waals surface area contributed by atoms with Crippen LogP contribution in [0.1, 0.15) is 22.8 Å². The maximum atomic E-state index is 11.4. The molecule has 4 nitrogen and oxygen atoms in total. The number of carbonyl (C=O) groups excluding carboxylic acids is 1. The van der Waals surface area contributed by atoms with Crippen LogP contribution in [0.5, 0.6) is 0 Å². The van der Waals surface area contributed by atoms with Gasteiger partial charge >= 0.3 is 5.97 Å². The van der Waals surface area contributed by atoms with E-state index in [1.165, 1.54) is 7.11 Å². The molecule has 0 heterocycles. The average Bonchev–Trinajstić information content (AvgIpc) is 2.30. The highest BCUT2D eigenvalue weighted by Gasteiger charge is 2.12. The Morgan fingerprint density at radius 2 is 2.25 bits per heavy atom. The largest absolute Gasteiger partial charge is 0.465 e. The molecule has 0 saturated carbocycles. The number of halogens is 1. The first-order valence-corrected chi connectivity index (χ1v) is 5.78. The molecular formula is C11H15BrN2O2. The Bertz CT molecular complexity index is 394. The van der Waals surface area contributed by atoms with E-state index in [0.717, 1.165) is 22.3 Å². The number of methoxy groups -OCH3 is 1. The monoisotopic (exact) mass is 286 g/mol. The number of nitrogens with one attached hydrogen (secondary N) is 1. The fraction of sp³-hybridized carbons (Fsp3) is 0.364. The summed E-state index contributed by atoms with van der Waals surface area (Å²) in [5.74, 6) is -0.363. The summed E-state index contributed by atoms with van der Waals surface area (Å²) in [6.45, 7) is 3.16. The quantitative estimate of drug-likeness (QED) is 0.833. The predicted octanol–water partition coefficient (Wildman–Crippen LogP) is 2.13. The first kappa shape index (κ1) is 13.0. The molecule has 1 aromatic carbocycles. The van der Waals surface area contributed by atoms with Crippen molar-refractivity contribution >= 4 is 27.6 Å². The summed E-state index contributed by atoms with van der Waals surface area (Å²) >= 11 is 3.41. The van der Waals surface area contributed by atoms with Crippen LogP contribution in [0, 0.1) is 0 Å². The third kappa shape index (κ3) is 2.74. The van der Waals surface area contributed by atoms with Crippen LogP contribution in [0.25, 0.3) is 0 Å². The van der Waals surface area contributed by atoms with Crippen molar-refractivity contribution in [2.45, 2.75) is 13.5 Å². The van der Waals surface area contributed by atoms with E-state index in [1.807, 2.05) is 6.92 Å². The number of nitrogens with two attached hydrogens (primary N) is 1. The number of benzene rings is 1. The minimum absolute atomic E-state index is 0.363. The topological polar surface area (TPSA) is 64.3 Å². The molecule has 0 aliphatic heterocycles. The van der Waals surface area contributed by atoms with Crippen molar-refractivity contribution in [3.63, 3.8) is 0 Å². The molecule has 0 radical (unpaired) electrons. The third-order valence-corrected chi connectivity index (χ3v) is 2.79. The number of rotatable bonds is 4. The Morgan fingerprint density at radius 1 is 1.56 bits per heavy atom. The van der Waals surface area contributed by atoms with E-state index in [-0.39, 0.29) is 5.97 Å². The summed E-state index contributed by atoms with van der Waals surface area (Å²) in [7, 11) is 1.36. The molecule has 0 atom stereocenters. The normalized spacial score (nSPS) is 10.0. The van der Waals surface area contributed by atoms with Crippen LogP contribution >= 0.6 is 15.9 Å². The lowest BCUT2D eigenvalue weighted by Gasteiger charge is -2.13. The highest BCUT2D eigenvalue weighted by atomic mass is 79.9. The van der Waals surface area contributed by atoms with Gasteiger partial charge in [0.1, 0.15) is 0 Å². The second-order valence-corrected chi connectivity index (χ2v) is 4.07. The first-order chi connectivity index (χ1) is 7.63. The summed E-state index contributed by atoms with van der Waals surface area (Å²) in [6, 6.07) is 3.47. The van der Waals surface area contributed by atoms with Gasteiger partial charge in [0.2, 0.25) is 0 Å². The number of ether oxygens (including phenoxy) is 1. The molecule has 0 spiro atoms. The van der Waals surface area contributed by atoms with Crippen molar-refractivity contribution in [1.29, 1.82) is 0 Å². The Kier molecular flexibility index (Phi) is 4.76. The van der Waals surface area contributed by atoms with Gasteiger partial charge in [-0.05, 0) is 40.5 Å². The molecule has 0 aromatic heterocycles. The van der Waals surface area contributed by atoms with Crippen molar-refractivity contribution in [3.8, 4) is 0 Å². The van der Waals surface area contributed by atoms with Crippen LogP contribution in [0.2, 0.25) is 0 Å². The van der Waals surface area contributed by atoms with Crippen LogP contribution in [-0.4, -0.2) is 19.6 Å². The Labute approximate surface area is 103 Å².